The first-order valence-corrected chi connectivity index (χ1v) is 9.97. The zero-order valence-corrected chi connectivity index (χ0v) is 16.2. The van der Waals surface area contributed by atoms with E-state index in [4.69, 9.17) is 0 Å². The van der Waals surface area contributed by atoms with Crippen molar-refractivity contribution in [3.8, 4) is 11.1 Å². The maximum atomic E-state index is 3.59. The summed E-state index contributed by atoms with van der Waals surface area (Å²) in [5, 5.41) is 0. The normalized spacial score (nSPS) is 12.6. The van der Waals surface area contributed by atoms with Crippen molar-refractivity contribution < 1.29 is 0 Å². The predicted molar refractivity (Wildman–Crippen MR) is 102 cm³/mol. The van der Waals surface area contributed by atoms with E-state index in [1.54, 1.807) is 0 Å². The first kappa shape index (κ1) is 14.9. The average Bonchev–Trinajstić information content (AvgIpc) is 2.51. The first-order valence-electron chi connectivity index (χ1n) is 6.75. The molecule has 0 nitrogen and oxygen atoms in total. The zero-order chi connectivity index (χ0) is 15.1. The Morgan fingerprint density at radius 1 is 0.636 bits per heavy atom. The van der Waals surface area contributed by atoms with Crippen molar-refractivity contribution in [3.05, 3.63) is 69.6 Å². The molecular weight excluding hydrogens is 440 g/mol. The van der Waals surface area contributed by atoms with Gasteiger partial charge >= 0.3 is 0 Å². The molecule has 4 rings (SSSR count). The summed E-state index contributed by atoms with van der Waals surface area (Å²) in [5.74, 6) is 0. The fourth-order valence-corrected chi connectivity index (χ4v) is 6.18. The van der Waals surface area contributed by atoms with Crippen LogP contribution in [0.2, 0.25) is 0 Å². The Morgan fingerprint density at radius 3 is 2.00 bits per heavy atom. The van der Waals surface area contributed by atoms with Crippen LogP contribution in [0, 0.1) is 0 Å². The van der Waals surface area contributed by atoms with Gasteiger partial charge in [-0.1, -0.05) is 79.6 Å². The molecule has 1 aliphatic rings. The van der Waals surface area contributed by atoms with Crippen molar-refractivity contribution in [2.45, 2.75) is 19.6 Å². The van der Waals surface area contributed by atoms with E-state index < -0.39 is 0 Å². The van der Waals surface area contributed by atoms with Gasteiger partial charge in [0.2, 0.25) is 0 Å². The van der Waals surface area contributed by atoms with Crippen LogP contribution in [0.3, 0.4) is 0 Å². The van der Waals surface area contributed by atoms with E-state index in [0.29, 0.717) is 0 Å². The Kier molecular flexibility index (Phi) is 4.11. The Balaban J connectivity index is 1.87. The standard InChI is InChI=1S/C18H10Br2S2/c19-12-8-11(9-13(20)10-12)14-4-3-7-17-18(14)22-16-6-2-1-5-15(16)21-17/h1-10H. The third-order valence-corrected chi connectivity index (χ3v) is 6.96. The van der Waals surface area contributed by atoms with Gasteiger partial charge < -0.3 is 0 Å². The lowest BCUT2D eigenvalue weighted by molar-refractivity contribution is 1.16. The van der Waals surface area contributed by atoms with E-state index in [0.717, 1.165) is 8.95 Å². The number of fused-ring (bicyclic) bond motifs is 2. The lowest BCUT2D eigenvalue weighted by Crippen LogP contribution is -1.92. The summed E-state index contributed by atoms with van der Waals surface area (Å²) in [6.45, 7) is 0. The zero-order valence-electron chi connectivity index (χ0n) is 11.3. The highest BCUT2D eigenvalue weighted by Crippen LogP contribution is 2.51. The topological polar surface area (TPSA) is 0 Å². The van der Waals surface area contributed by atoms with E-state index in [9.17, 15) is 0 Å². The molecule has 0 amide bonds. The smallest absolute Gasteiger partial charge is 0.0340 e. The molecule has 0 bridgehead atoms. The van der Waals surface area contributed by atoms with Gasteiger partial charge in [-0.05, 0) is 47.5 Å². The second-order valence-corrected chi connectivity index (χ2v) is 8.91. The fourth-order valence-electron chi connectivity index (χ4n) is 2.49. The summed E-state index contributed by atoms with van der Waals surface area (Å²) in [5.41, 5.74) is 2.51. The molecular formula is C18H10Br2S2. The van der Waals surface area contributed by atoms with Crippen molar-refractivity contribution in [3.63, 3.8) is 0 Å². The van der Waals surface area contributed by atoms with Crippen molar-refractivity contribution in [2.75, 3.05) is 0 Å². The van der Waals surface area contributed by atoms with Gasteiger partial charge in [0.15, 0.2) is 0 Å². The van der Waals surface area contributed by atoms with Crippen LogP contribution >= 0.6 is 55.4 Å². The van der Waals surface area contributed by atoms with E-state index in [-0.39, 0.29) is 0 Å². The van der Waals surface area contributed by atoms with Crippen LogP contribution in [0.4, 0.5) is 0 Å². The summed E-state index contributed by atoms with van der Waals surface area (Å²) in [6, 6.07) is 21.6. The highest BCUT2D eigenvalue weighted by Gasteiger charge is 2.20. The summed E-state index contributed by atoms with van der Waals surface area (Å²) >= 11 is 10.9. The third-order valence-electron chi connectivity index (χ3n) is 3.43. The van der Waals surface area contributed by atoms with Crippen LogP contribution in [-0.2, 0) is 0 Å². The van der Waals surface area contributed by atoms with E-state index in [2.05, 4.69) is 92.5 Å². The second-order valence-electron chi connectivity index (χ2n) is 4.94. The molecule has 0 atom stereocenters. The van der Waals surface area contributed by atoms with Gasteiger partial charge in [-0.2, -0.15) is 0 Å². The quantitative estimate of drug-likeness (QED) is 0.295. The van der Waals surface area contributed by atoms with Crippen LogP contribution in [-0.4, -0.2) is 0 Å². The minimum atomic E-state index is 1.09. The van der Waals surface area contributed by atoms with E-state index >= 15 is 0 Å². The van der Waals surface area contributed by atoms with Crippen molar-refractivity contribution in [2.24, 2.45) is 0 Å². The Morgan fingerprint density at radius 2 is 1.27 bits per heavy atom. The van der Waals surface area contributed by atoms with Gasteiger partial charge in [0.1, 0.15) is 0 Å². The molecule has 1 aliphatic heterocycles. The Labute approximate surface area is 155 Å². The fraction of sp³-hybridized carbons (Fsp3) is 0. The van der Waals surface area contributed by atoms with Gasteiger partial charge in [0.05, 0.1) is 0 Å². The first-order chi connectivity index (χ1) is 10.7. The summed E-state index contributed by atoms with van der Waals surface area (Å²) < 4.78 is 2.17. The molecule has 22 heavy (non-hydrogen) atoms. The van der Waals surface area contributed by atoms with Crippen LogP contribution in [0.1, 0.15) is 0 Å². The SMILES string of the molecule is Brc1cc(Br)cc(-c2cccc3c2Sc2ccccc2S3)c1. The maximum absolute atomic E-state index is 3.59. The third kappa shape index (κ3) is 2.78. The van der Waals surface area contributed by atoms with Gasteiger partial charge in [0.25, 0.3) is 0 Å². The molecule has 0 saturated heterocycles. The molecule has 0 aliphatic carbocycles. The Hall–Kier alpha value is -0.680. The van der Waals surface area contributed by atoms with Crippen molar-refractivity contribution in [1.82, 2.24) is 0 Å². The largest absolute Gasteiger partial charge is 0.0877 e. The lowest BCUT2D eigenvalue weighted by Gasteiger charge is -2.21. The minimum absolute atomic E-state index is 1.09. The van der Waals surface area contributed by atoms with Crippen LogP contribution in [0.5, 0.6) is 0 Å². The predicted octanol–water partition coefficient (Wildman–Crippen LogP) is 7.49. The lowest BCUT2D eigenvalue weighted by atomic mass is 10.1. The molecule has 0 unspecified atom stereocenters. The second kappa shape index (κ2) is 6.08. The Bertz CT molecular complexity index is 854. The number of hydrogen-bond donors (Lipinski definition) is 0. The molecule has 0 saturated carbocycles. The molecule has 1 heterocycles. The summed E-state index contributed by atoms with van der Waals surface area (Å²) in [4.78, 5) is 5.35. The molecule has 0 spiro atoms. The molecule has 0 aromatic heterocycles. The molecule has 3 aromatic carbocycles. The molecule has 0 fully saturated rings. The maximum Gasteiger partial charge on any atom is 0.0340 e. The minimum Gasteiger partial charge on any atom is -0.0877 e. The molecule has 108 valence electrons. The highest BCUT2D eigenvalue weighted by atomic mass is 79.9. The van der Waals surface area contributed by atoms with Gasteiger partial charge in [0, 0.05) is 28.5 Å². The molecule has 0 radical (unpaired) electrons. The van der Waals surface area contributed by atoms with Crippen molar-refractivity contribution >= 4 is 55.4 Å². The summed E-state index contributed by atoms with van der Waals surface area (Å²) in [6.07, 6.45) is 0. The number of hydrogen-bond acceptors (Lipinski definition) is 2. The van der Waals surface area contributed by atoms with Gasteiger partial charge in [-0.25, -0.2) is 0 Å². The molecule has 0 N–H and O–H groups in total. The summed E-state index contributed by atoms with van der Waals surface area (Å²) in [7, 11) is 0. The number of rotatable bonds is 1. The van der Waals surface area contributed by atoms with Crippen LogP contribution in [0.25, 0.3) is 11.1 Å². The molecule has 4 heteroatoms. The average molecular weight is 450 g/mol. The van der Waals surface area contributed by atoms with Gasteiger partial charge in [-0.15, -0.1) is 0 Å². The van der Waals surface area contributed by atoms with Crippen molar-refractivity contribution in [1.29, 1.82) is 0 Å². The number of halogens is 2. The van der Waals surface area contributed by atoms with Crippen LogP contribution < -0.4 is 0 Å². The molecule has 3 aromatic rings. The monoisotopic (exact) mass is 448 g/mol. The van der Waals surface area contributed by atoms with E-state index in [1.165, 1.54) is 30.7 Å². The van der Waals surface area contributed by atoms with Gasteiger partial charge in [-0.3, -0.25) is 0 Å². The van der Waals surface area contributed by atoms with E-state index in [1.807, 2.05) is 23.5 Å². The van der Waals surface area contributed by atoms with Crippen LogP contribution in [0.15, 0.2) is 89.2 Å². The highest BCUT2D eigenvalue weighted by molar-refractivity contribution is 9.11. The number of benzene rings is 3.